The van der Waals surface area contributed by atoms with Crippen molar-refractivity contribution >= 4 is 40.9 Å². The maximum absolute atomic E-state index is 6.04. The van der Waals surface area contributed by atoms with Crippen LogP contribution >= 0.6 is 18.9 Å². The van der Waals surface area contributed by atoms with Crippen LogP contribution in [0.1, 0.15) is 5.56 Å². The molecule has 0 fully saturated rings. The van der Waals surface area contributed by atoms with Crippen molar-refractivity contribution in [1.82, 2.24) is 0 Å². The second-order valence-corrected chi connectivity index (χ2v) is 12.5. The average molecular weight is 541 g/mol. The molecule has 0 N–H and O–H groups in total. The molecule has 0 unspecified atom stereocenters. The van der Waals surface area contributed by atoms with Gasteiger partial charge in [-0.15, -0.1) is 0 Å². The van der Waals surface area contributed by atoms with Gasteiger partial charge in [-0.05, 0) is 84.4 Å². The van der Waals surface area contributed by atoms with Crippen LogP contribution in [0.2, 0.25) is 5.02 Å². The largest absolute Gasteiger partial charge is 1.00 e. The van der Waals surface area contributed by atoms with Crippen molar-refractivity contribution in [1.29, 1.82) is 0 Å². The highest BCUT2D eigenvalue weighted by Crippen LogP contribution is 2.55. The lowest BCUT2D eigenvalue weighted by molar-refractivity contribution is -0.00000732. The standard InChI is InChI=1S/C33H27ClOP.ClH/c34-28-21-23-29(24-22-28)35-30-14-10-12-27(26-30)13-11-25-36(31-15-4-1-5-16-31,32-17-6-2-7-18-32)33-19-8-3-9-20-33;/h1-24,26H,25H2;1H/q+1;/p-1/b13-11+;. The minimum absolute atomic E-state index is 0. The van der Waals surface area contributed by atoms with Crippen LogP contribution < -0.4 is 33.1 Å². The number of rotatable bonds is 8. The molecule has 0 amide bonds. The summed E-state index contributed by atoms with van der Waals surface area (Å²) in [6.07, 6.45) is 5.45. The number of benzene rings is 5. The van der Waals surface area contributed by atoms with Crippen LogP contribution in [0.4, 0.5) is 0 Å². The molecule has 0 radical (unpaired) electrons. The Kier molecular flexibility index (Phi) is 9.20. The summed E-state index contributed by atoms with van der Waals surface area (Å²) in [6, 6.07) is 48.5. The molecule has 0 aliphatic rings. The molecule has 0 heterocycles. The van der Waals surface area contributed by atoms with E-state index >= 15 is 0 Å². The number of hydrogen-bond acceptors (Lipinski definition) is 1. The quantitative estimate of drug-likeness (QED) is 0.247. The van der Waals surface area contributed by atoms with Crippen LogP contribution in [0.3, 0.4) is 0 Å². The SMILES string of the molecule is Clc1ccc(Oc2cccc(/C=C/C[P+](c3ccccc3)(c3ccccc3)c3ccccc3)c2)cc1.[Cl-]. The molecule has 0 saturated heterocycles. The molecule has 5 aromatic rings. The summed E-state index contributed by atoms with van der Waals surface area (Å²) in [6.45, 7) is 0. The molecular weight excluding hydrogens is 514 g/mol. The molecule has 0 aliphatic heterocycles. The van der Waals surface area contributed by atoms with Gasteiger partial charge in [0.05, 0.1) is 6.16 Å². The third kappa shape index (κ3) is 6.32. The molecule has 0 saturated carbocycles. The topological polar surface area (TPSA) is 9.23 Å². The second-order valence-electron chi connectivity index (χ2n) is 8.53. The lowest BCUT2D eigenvalue weighted by Gasteiger charge is -2.26. The molecule has 5 aromatic carbocycles. The van der Waals surface area contributed by atoms with Crippen molar-refractivity contribution in [3.63, 3.8) is 0 Å². The predicted molar refractivity (Wildman–Crippen MR) is 157 cm³/mol. The van der Waals surface area contributed by atoms with Crippen molar-refractivity contribution in [2.45, 2.75) is 0 Å². The van der Waals surface area contributed by atoms with Crippen LogP contribution in [-0.4, -0.2) is 6.16 Å². The zero-order valence-corrected chi connectivity index (χ0v) is 22.7. The number of halogens is 2. The zero-order chi connectivity index (χ0) is 24.6. The average Bonchev–Trinajstić information content (AvgIpc) is 2.94. The van der Waals surface area contributed by atoms with Crippen LogP contribution in [-0.2, 0) is 0 Å². The van der Waals surface area contributed by atoms with Gasteiger partial charge in [-0.3, -0.25) is 0 Å². The molecule has 4 heteroatoms. The van der Waals surface area contributed by atoms with Crippen molar-refractivity contribution in [2.24, 2.45) is 0 Å². The minimum Gasteiger partial charge on any atom is -1.00 e. The maximum atomic E-state index is 6.04. The summed E-state index contributed by atoms with van der Waals surface area (Å²) < 4.78 is 6.04. The second kappa shape index (κ2) is 12.7. The highest BCUT2D eigenvalue weighted by atomic mass is 35.5. The minimum atomic E-state index is -1.89. The summed E-state index contributed by atoms with van der Waals surface area (Å²) in [4.78, 5) is 0. The lowest BCUT2D eigenvalue weighted by atomic mass is 10.2. The Balaban J connectivity index is 0.00000320. The molecule has 0 atom stereocenters. The van der Waals surface area contributed by atoms with Gasteiger partial charge >= 0.3 is 0 Å². The Hall–Kier alpha value is -3.35. The van der Waals surface area contributed by atoms with Gasteiger partial charge in [0.1, 0.15) is 34.7 Å². The highest BCUT2D eigenvalue weighted by Gasteiger charge is 2.44. The summed E-state index contributed by atoms with van der Waals surface area (Å²) in [5, 5.41) is 4.84. The van der Waals surface area contributed by atoms with Gasteiger partial charge in [-0.2, -0.15) is 0 Å². The van der Waals surface area contributed by atoms with Crippen molar-refractivity contribution in [3.05, 3.63) is 156 Å². The normalized spacial score (nSPS) is 11.2. The van der Waals surface area contributed by atoms with Crippen molar-refractivity contribution in [3.8, 4) is 11.5 Å². The van der Waals surface area contributed by atoms with E-state index in [4.69, 9.17) is 16.3 Å². The fraction of sp³-hybridized carbons (Fsp3) is 0.0303. The summed E-state index contributed by atoms with van der Waals surface area (Å²) >= 11 is 6.00. The number of hydrogen-bond donors (Lipinski definition) is 0. The van der Waals surface area contributed by atoms with E-state index in [2.05, 4.69) is 115 Å². The van der Waals surface area contributed by atoms with E-state index in [9.17, 15) is 0 Å². The molecule has 0 aliphatic carbocycles. The Morgan fingerprint density at radius 2 is 1.08 bits per heavy atom. The van der Waals surface area contributed by atoms with Gasteiger partial charge in [0.15, 0.2) is 0 Å². The molecule has 37 heavy (non-hydrogen) atoms. The van der Waals surface area contributed by atoms with Gasteiger partial charge < -0.3 is 17.1 Å². The van der Waals surface area contributed by atoms with Gasteiger partial charge in [0, 0.05) is 5.02 Å². The Bertz CT molecular complexity index is 1320. The van der Waals surface area contributed by atoms with Gasteiger partial charge in [-0.25, -0.2) is 0 Å². The fourth-order valence-corrected chi connectivity index (χ4v) is 8.60. The van der Waals surface area contributed by atoms with Crippen LogP contribution in [0, 0.1) is 0 Å². The lowest BCUT2D eigenvalue weighted by Crippen LogP contribution is -3.00. The van der Waals surface area contributed by atoms with E-state index in [1.165, 1.54) is 15.9 Å². The molecule has 0 aromatic heterocycles. The smallest absolute Gasteiger partial charge is 0.128 e. The van der Waals surface area contributed by atoms with Crippen molar-refractivity contribution < 1.29 is 17.1 Å². The summed E-state index contributed by atoms with van der Waals surface area (Å²) in [5.74, 6) is 1.57. The summed E-state index contributed by atoms with van der Waals surface area (Å²) in [5.41, 5.74) is 1.11. The Morgan fingerprint density at radius 1 is 0.568 bits per heavy atom. The Morgan fingerprint density at radius 3 is 1.59 bits per heavy atom. The van der Waals surface area contributed by atoms with E-state index in [0.717, 1.165) is 23.2 Å². The zero-order valence-electron chi connectivity index (χ0n) is 20.3. The van der Waals surface area contributed by atoms with Crippen molar-refractivity contribution in [2.75, 3.05) is 6.16 Å². The van der Waals surface area contributed by atoms with Crippen LogP contribution in [0.15, 0.2) is 146 Å². The number of allylic oxidation sites excluding steroid dienone is 1. The molecular formula is C33H27Cl2OP. The predicted octanol–water partition coefficient (Wildman–Crippen LogP) is 5.14. The van der Waals surface area contributed by atoms with E-state index in [1.54, 1.807) is 0 Å². The van der Waals surface area contributed by atoms with E-state index < -0.39 is 7.26 Å². The summed E-state index contributed by atoms with van der Waals surface area (Å²) in [7, 11) is -1.89. The molecule has 0 bridgehead atoms. The first kappa shape index (κ1) is 26.7. The Labute approximate surface area is 231 Å². The molecule has 1 nitrogen and oxygen atoms in total. The fourth-order valence-electron chi connectivity index (χ4n) is 4.48. The maximum Gasteiger partial charge on any atom is 0.128 e. The highest BCUT2D eigenvalue weighted by molar-refractivity contribution is 7.95. The molecule has 5 rings (SSSR count). The van der Waals surface area contributed by atoms with E-state index in [0.29, 0.717) is 5.02 Å². The third-order valence-electron chi connectivity index (χ3n) is 6.19. The van der Waals surface area contributed by atoms with E-state index in [1.807, 2.05) is 36.4 Å². The first-order chi connectivity index (χ1) is 17.7. The van der Waals surface area contributed by atoms with Gasteiger partial charge in [0.25, 0.3) is 0 Å². The van der Waals surface area contributed by atoms with Crippen LogP contribution in [0.5, 0.6) is 11.5 Å². The third-order valence-corrected chi connectivity index (χ3v) is 10.7. The molecule has 0 spiro atoms. The number of ether oxygens (including phenoxy) is 1. The van der Waals surface area contributed by atoms with Crippen LogP contribution in [0.25, 0.3) is 6.08 Å². The monoisotopic (exact) mass is 540 g/mol. The van der Waals surface area contributed by atoms with Gasteiger partial charge in [0.2, 0.25) is 0 Å². The first-order valence-electron chi connectivity index (χ1n) is 12.0. The van der Waals surface area contributed by atoms with Gasteiger partial charge in [-0.1, -0.05) is 84.4 Å². The first-order valence-corrected chi connectivity index (χ1v) is 14.3. The van der Waals surface area contributed by atoms with E-state index in [-0.39, 0.29) is 12.4 Å². The molecule has 184 valence electrons.